The van der Waals surface area contributed by atoms with Crippen LogP contribution in [0.4, 0.5) is 0 Å². The van der Waals surface area contributed by atoms with Crippen LogP contribution in [0.25, 0.3) is 0 Å². The third-order valence-electron chi connectivity index (χ3n) is 3.90. The first-order valence-electron chi connectivity index (χ1n) is 6.62. The Labute approximate surface area is 112 Å². The summed E-state index contributed by atoms with van der Waals surface area (Å²) in [6.45, 7) is 3.18. The van der Waals surface area contributed by atoms with Crippen molar-refractivity contribution in [3.8, 4) is 0 Å². The molecule has 2 aliphatic rings. The van der Waals surface area contributed by atoms with Gasteiger partial charge in [-0.2, -0.15) is 0 Å². The van der Waals surface area contributed by atoms with Crippen molar-refractivity contribution in [2.45, 2.75) is 31.8 Å². The number of thiophene rings is 1. The van der Waals surface area contributed by atoms with Gasteiger partial charge in [0.25, 0.3) is 0 Å². The van der Waals surface area contributed by atoms with Crippen molar-refractivity contribution < 1.29 is 9.53 Å². The van der Waals surface area contributed by atoms with E-state index >= 15 is 0 Å². The average molecular weight is 265 g/mol. The molecule has 1 aromatic rings. The van der Waals surface area contributed by atoms with E-state index in [1.165, 1.54) is 17.7 Å². The van der Waals surface area contributed by atoms with Crippen LogP contribution in [0.3, 0.4) is 0 Å². The number of carbonyl (C=O) groups is 1. The minimum absolute atomic E-state index is 0.250. The minimum Gasteiger partial charge on any atom is -0.380 e. The largest absolute Gasteiger partial charge is 0.380 e. The Bertz CT molecular complexity index is 394. The lowest BCUT2D eigenvalue weighted by Crippen LogP contribution is -2.40. The van der Waals surface area contributed by atoms with Crippen molar-refractivity contribution in [2.75, 3.05) is 19.8 Å². The fourth-order valence-electron chi connectivity index (χ4n) is 2.64. The van der Waals surface area contributed by atoms with Gasteiger partial charge in [0.1, 0.15) is 6.29 Å². The van der Waals surface area contributed by atoms with Crippen molar-refractivity contribution in [2.24, 2.45) is 5.41 Å². The molecular formula is C14H19NO2S. The highest BCUT2D eigenvalue weighted by Gasteiger charge is 2.40. The predicted octanol–water partition coefficient (Wildman–Crippen LogP) is 2.32. The van der Waals surface area contributed by atoms with Crippen LogP contribution < -0.4 is 0 Å². The first kappa shape index (κ1) is 12.3. The van der Waals surface area contributed by atoms with Gasteiger partial charge >= 0.3 is 0 Å². The standard InChI is InChI=1S/C14H19NO2S/c16-10-14(5-6-17-11-14)9-15(12-3-4-12)8-13-2-1-7-18-13/h1-2,7,10,12H,3-6,8-9,11H2. The van der Waals surface area contributed by atoms with Gasteiger partial charge in [0.15, 0.2) is 0 Å². The summed E-state index contributed by atoms with van der Waals surface area (Å²) in [5.41, 5.74) is -0.250. The summed E-state index contributed by atoms with van der Waals surface area (Å²) in [7, 11) is 0. The van der Waals surface area contributed by atoms with Crippen molar-refractivity contribution in [3.63, 3.8) is 0 Å². The van der Waals surface area contributed by atoms with E-state index in [1.54, 1.807) is 11.3 Å². The van der Waals surface area contributed by atoms with Crippen LogP contribution in [0.15, 0.2) is 17.5 Å². The lowest BCUT2D eigenvalue weighted by molar-refractivity contribution is -0.117. The molecule has 2 fully saturated rings. The number of hydrogen-bond acceptors (Lipinski definition) is 4. The van der Waals surface area contributed by atoms with Gasteiger partial charge in [-0.15, -0.1) is 11.3 Å². The molecule has 1 atom stereocenters. The summed E-state index contributed by atoms with van der Waals surface area (Å²) in [5, 5.41) is 2.12. The van der Waals surface area contributed by atoms with Crippen molar-refractivity contribution in [1.82, 2.24) is 4.90 Å². The molecule has 0 N–H and O–H groups in total. The van der Waals surface area contributed by atoms with E-state index in [9.17, 15) is 4.79 Å². The van der Waals surface area contributed by atoms with Crippen LogP contribution in [-0.2, 0) is 16.1 Å². The number of carbonyl (C=O) groups excluding carboxylic acids is 1. The van der Waals surface area contributed by atoms with E-state index in [0.717, 1.165) is 32.4 Å². The maximum atomic E-state index is 11.4. The normalized spacial score (nSPS) is 27.8. The van der Waals surface area contributed by atoms with Crippen LogP contribution in [0, 0.1) is 5.41 Å². The van der Waals surface area contributed by atoms with Gasteiger partial charge in [-0.25, -0.2) is 0 Å². The Balaban J connectivity index is 1.68. The maximum Gasteiger partial charge on any atom is 0.129 e. The fourth-order valence-corrected chi connectivity index (χ4v) is 3.37. The van der Waals surface area contributed by atoms with Gasteiger partial charge in [-0.1, -0.05) is 6.07 Å². The number of rotatable bonds is 6. The van der Waals surface area contributed by atoms with Crippen molar-refractivity contribution in [1.29, 1.82) is 0 Å². The zero-order valence-electron chi connectivity index (χ0n) is 10.5. The van der Waals surface area contributed by atoms with E-state index in [2.05, 4.69) is 22.4 Å². The van der Waals surface area contributed by atoms with Crippen LogP contribution in [0.1, 0.15) is 24.1 Å². The van der Waals surface area contributed by atoms with E-state index in [4.69, 9.17) is 4.74 Å². The molecule has 4 heteroatoms. The van der Waals surface area contributed by atoms with Crippen LogP contribution in [0.2, 0.25) is 0 Å². The molecule has 1 saturated heterocycles. The molecule has 1 unspecified atom stereocenters. The smallest absolute Gasteiger partial charge is 0.129 e. The molecule has 0 amide bonds. The van der Waals surface area contributed by atoms with Crippen LogP contribution in [0.5, 0.6) is 0 Å². The number of ether oxygens (including phenoxy) is 1. The topological polar surface area (TPSA) is 29.5 Å². The maximum absolute atomic E-state index is 11.4. The molecule has 3 nitrogen and oxygen atoms in total. The zero-order chi connectivity index (χ0) is 12.4. The average Bonchev–Trinajstić information content (AvgIpc) is 2.92. The summed E-state index contributed by atoms with van der Waals surface area (Å²) in [6, 6.07) is 4.96. The molecule has 18 heavy (non-hydrogen) atoms. The fraction of sp³-hybridized carbons (Fsp3) is 0.643. The molecule has 3 rings (SSSR count). The second kappa shape index (κ2) is 5.11. The van der Waals surface area contributed by atoms with Gasteiger partial charge in [-0.3, -0.25) is 4.90 Å². The Hall–Kier alpha value is -0.710. The van der Waals surface area contributed by atoms with Gasteiger partial charge in [0.05, 0.1) is 12.0 Å². The first-order valence-corrected chi connectivity index (χ1v) is 7.50. The van der Waals surface area contributed by atoms with E-state index in [1.807, 2.05) is 0 Å². The number of aldehydes is 1. The Morgan fingerprint density at radius 2 is 2.44 bits per heavy atom. The second-order valence-electron chi connectivity index (χ2n) is 5.50. The monoisotopic (exact) mass is 265 g/mol. The Morgan fingerprint density at radius 1 is 1.56 bits per heavy atom. The summed E-state index contributed by atoms with van der Waals surface area (Å²) >= 11 is 1.80. The molecule has 98 valence electrons. The molecule has 2 heterocycles. The van der Waals surface area contributed by atoms with Crippen molar-refractivity contribution >= 4 is 17.6 Å². The third kappa shape index (κ3) is 2.66. The summed E-state index contributed by atoms with van der Waals surface area (Å²) in [4.78, 5) is 15.3. The van der Waals surface area contributed by atoms with Crippen LogP contribution in [-0.4, -0.2) is 37.0 Å². The number of hydrogen-bond donors (Lipinski definition) is 0. The minimum atomic E-state index is -0.250. The molecule has 1 saturated carbocycles. The predicted molar refractivity (Wildman–Crippen MR) is 71.7 cm³/mol. The molecule has 0 bridgehead atoms. The molecule has 0 radical (unpaired) electrons. The summed E-state index contributed by atoms with van der Waals surface area (Å²) in [5.74, 6) is 0. The molecule has 1 aromatic heterocycles. The third-order valence-corrected chi connectivity index (χ3v) is 4.77. The van der Waals surface area contributed by atoms with Gasteiger partial charge in [-0.05, 0) is 30.7 Å². The molecule has 1 aliphatic heterocycles. The lowest BCUT2D eigenvalue weighted by atomic mass is 9.88. The van der Waals surface area contributed by atoms with Crippen LogP contribution >= 0.6 is 11.3 Å². The molecule has 0 spiro atoms. The zero-order valence-corrected chi connectivity index (χ0v) is 11.3. The first-order chi connectivity index (χ1) is 8.81. The Morgan fingerprint density at radius 3 is 3.00 bits per heavy atom. The summed E-state index contributed by atoms with van der Waals surface area (Å²) < 4.78 is 5.43. The van der Waals surface area contributed by atoms with Crippen molar-refractivity contribution in [3.05, 3.63) is 22.4 Å². The highest BCUT2D eigenvalue weighted by Crippen LogP contribution is 2.35. The molecule has 1 aliphatic carbocycles. The SMILES string of the molecule is O=CC1(CN(Cc2cccs2)C2CC2)CCOC1. The van der Waals surface area contributed by atoms with E-state index < -0.39 is 0 Å². The lowest BCUT2D eigenvalue weighted by Gasteiger charge is -2.30. The molecular weight excluding hydrogens is 246 g/mol. The quantitative estimate of drug-likeness (QED) is 0.739. The van der Waals surface area contributed by atoms with Gasteiger partial charge < -0.3 is 9.53 Å². The Kier molecular flexibility index (Phi) is 3.50. The van der Waals surface area contributed by atoms with E-state index in [-0.39, 0.29) is 5.41 Å². The number of nitrogens with zero attached hydrogens (tertiary/aromatic N) is 1. The van der Waals surface area contributed by atoms with Gasteiger partial charge in [0.2, 0.25) is 0 Å². The summed E-state index contributed by atoms with van der Waals surface area (Å²) in [6.07, 6.45) is 4.57. The van der Waals surface area contributed by atoms with Gasteiger partial charge in [0, 0.05) is 30.6 Å². The highest BCUT2D eigenvalue weighted by atomic mass is 32.1. The second-order valence-corrected chi connectivity index (χ2v) is 6.53. The molecule has 0 aromatic carbocycles. The van der Waals surface area contributed by atoms with E-state index in [0.29, 0.717) is 12.6 Å². The highest BCUT2D eigenvalue weighted by molar-refractivity contribution is 7.09.